The Morgan fingerprint density at radius 3 is 2.68 bits per heavy atom. The van der Waals surface area contributed by atoms with Crippen LogP contribution in [0.2, 0.25) is 5.02 Å². The average Bonchev–Trinajstić information content (AvgIpc) is 3.35. The van der Waals surface area contributed by atoms with Crippen molar-refractivity contribution in [3.63, 3.8) is 0 Å². The van der Waals surface area contributed by atoms with Crippen LogP contribution >= 0.6 is 11.6 Å². The van der Waals surface area contributed by atoms with E-state index in [0.29, 0.717) is 18.5 Å². The molecule has 2 aromatic rings. The lowest BCUT2D eigenvalue weighted by Gasteiger charge is -2.10. The van der Waals surface area contributed by atoms with Crippen molar-refractivity contribution in [1.82, 2.24) is 4.98 Å². The number of hydrogen-bond acceptors (Lipinski definition) is 4. The Kier molecular flexibility index (Phi) is 4.66. The molecule has 1 amide bonds. The van der Waals surface area contributed by atoms with Gasteiger partial charge in [-0.1, -0.05) is 11.6 Å². The summed E-state index contributed by atoms with van der Waals surface area (Å²) < 4.78 is 40.2. The van der Waals surface area contributed by atoms with Gasteiger partial charge in [0.15, 0.2) is 0 Å². The molecule has 0 saturated heterocycles. The summed E-state index contributed by atoms with van der Waals surface area (Å²) in [4.78, 5) is 16.5. The van der Waals surface area contributed by atoms with Crippen LogP contribution in [0.25, 0.3) is 0 Å². The van der Waals surface area contributed by atoms with E-state index in [1.807, 2.05) is 0 Å². The maximum Gasteiger partial charge on any atom is 0.255 e. The standard InChI is InChI=1S/C16H15ClFN3O3S/c1-9-6-10(7-15(19-9)21-25(23,24)12-3-4-12)16(22)20-14-8-11(17)2-5-13(14)18/h2,5-8,12H,3-4H2,1H3,(H,19,21)(H,20,22). The lowest BCUT2D eigenvalue weighted by atomic mass is 10.2. The van der Waals surface area contributed by atoms with E-state index in [4.69, 9.17) is 11.6 Å². The molecule has 1 aromatic carbocycles. The highest BCUT2D eigenvalue weighted by atomic mass is 35.5. The molecule has 1 aliphatic rings. The Labute approximate surface area is 149 Å². The number of rotatable bonds is 5. The summed E-state index contributed by atoms with van der Waals surface area (Å²) in [6.07, 6.45) is 1.23. The second-order valence-corrected chi connectivity index (χ2v) is 8.20. The summed E-state index contributed by atoms with van der Waals surface area (Å²) in [5.41, 5.74) is 0.542. The first-order chi connectivity index (χ1) is 11.7. The van der Waals surface area contributed by atoms with Crippen LogP contribution in [0.1, 0.15) is 28.9 Å². The van der Waals surface area contributed by atoms with Crippen LogP contribution in [-0.2, 0) is 10.0 Å². The normalized spacial score (nSPS) is 14.2. The summed E-state index contributed by atoms with van der Waals surface area (Å²) in [5, 5.41) is 2.28. The number of benzene rings is 1. The average molecular weight is 384 g/mol. The van der Waals surface area contributed by atoms with Gasteiger partial charge in [0.2, 0.25) is 10.0 Å². The molecule has 1 aliphatic carbocycles. The summed E-state index contributed by atoms with van der Waals surface area (Å²) in [6, 6.07) is 6.59. The van der Waals surface area contributed by atoms with E-state index in [-0.39, 0.29) is 22.1 Å². The lowest BCUT2D eigenvalue weighted by molar-refractivity contribution is 0.102. The molecule has 0 aliphatic heterocycles. The minimum atomic E-state index is -3.49. The highest BCUT2D eigenvalue weighted by molar-refractivity contribution is 7.93. The molecule has 1 fully saturated rings. The number of halogens is 2. The van der Waals surface area contributed by atoms with Crippen LogP contribution in [0.15, 0.2) is 30.3 Å². The minimum Gasteiger partial charge on any atom is -0.319 e. The van der Waals surface area contributed by atoms with Crippen molar-refractivity contribution in [3.05, 3.63) is 52.4 Å². The number of carbonyl (C=O) groups is 1. The molecule has 3 rings (SSSR count). The number of amides is 1. The molecule has 25 heavy (non-hydrogen) atoms. The molecule has 6 nitrogen and oxygen atoms in total. The number of nitrogens with one attached hydrogen (secondary N) is 2. The Morgan fingerprint density at radius 2 is 2.00 bits per heavy atom. The van der Waals surface area contributed by atoms with E-state index in [0.717, 1.165) is 6.07 Å². The van der Waals surface area contributed by atoms with Gasteiger partial charge in [0.05, 0.1) is 10.9 Å². The van der Waals surface area contributed by atoms with Crippen molar-refractivity contribution < 1.29 is 17.6 Å². The van der Waals surface area contributed by atoms with E-state index in [9.17, 15) is 17.6 Å². The fraction of sp³-hybridized carbons (Fsp3) is 0.250. The minimum absolute atomic E-state index is 0.0589. The maximum atomic E-state index is 13.7. The fourth-order valence-electron chi connectivity index (χ4n) is 2.25. The first kappa shape index (κ1) is 17.6. The second kappa shape index (κ2) is 6.61. The second-order valence-electron chi connectivity index (χ2n) is 5.81. The zero-order valence-corrected chi connectivity index (χ0v) is 14.8. The third kappa shape index (κ3) is 4.26. The van der Waals surface area contributed by atoms with E-state index < -0.39 is 27.0 Å². The summed E-state index contributed by atoms with van der Waals surface area (Å²) in [5.74, 6) is -1.17. The first-order valence-corrected chi connectivity index (χ1v) is 9.44. The van der Waals surface area contributed by atoms with E-state index in [2.05, 4.69) is 15.0 Å². The van der Waals surface area contributed by atoms with Gasteiger partial charge in [0.25, 0.3) is 5.91 Å². The Hall–Kier alpha value is -2.19. The molecule has 0 unspecified atom stereocenters. The van der Waals surface area contributed by atoms with Crippen molar-refractivity contribution in [2.75, 3.05) is 10.0 Å². The molecule has 0 bridgehead atoms. The van der Waals surface area contributed by atoms with Crippen molar-refractivity contribution in [2.45, 2.75) is 25.0 Å². The molecule has 9 heteroatoms. The third-order valence-electron chi connectivity index (χ3n) is 3.60. The van der Waals surface area contributed by atoms with Gasteiger partial charge < -0.3 is 5.32 Å². The van der Waals surface area contributed by atoms with Crippen LogP contribution in [0.5, 0.6) is 0 Å². The van der Waals surface area contributed by atoms with Crippen molar-refractivity contribution in [1.29, 1.82) is 0 Å². The van der Waals surface area contributed by atoms with E-state index >= 15 is 0 Å². The van der Waals surface area contributed by atoms with Crippen LogP contribution < -0.4 is 10.0 Å². The SMILES string of the molecule is Cc1cc(C(=O)Nc2cc(Cl)ccc2F)cc(NS(=O)(=O)C2CC2)n1. The molecule has 132 valence electrons. The molecule has 0 atom stereocenters. The van der Waals surface area contributed by atoms with Gasteiger partial charge in [-0.15, -0.1) is 0 Å². The number of sulfonamides is 1. The van der Waals surface area contributed by atoms with E-state index in [1.54, 1.807) is 6.92 Å². The monoisotopic (exact) mass is 383 g/mol. The number of nitrogens with zero attached hydrogens (tertiary/aromatic N) is 1. The van der Waals surface area contributed by atoms with Crippen LogP contribution in [0.4, 0.5) is 15.9 Å². The van der Waals surface area contributed by atoms with Gasteiger partial charge in [0.1, 0.15) is 11.6 Å². The molecule has 1 aromatic heterocycles. The molecule has 1 saturated carbocycles. The Bertz CT molecular complexity index is 946. The highest BCUT2D eigenvalue weighted by Crippen LogP contribution is 2.29. The number of carbonyl (C=O) groups excluding carboxylic acids is 1. The van der Waals surface area contributed by atoms with Gasteiger partial charge in [-0.2, -0.15) is 0 Å². The zero-order chi connectivity index (χ0) is 18.2. The lowest BCUT2D eigenvalue weighted by Crippen LogP contribution is -2.19. The summed E-state index contributed by atoms with van der Waals surface area (Å²) in [7, 11) is -3.49. The largest absolute Gasteiger partial charge is 0.319 e. The number of pyridine rings is 1. The van der Waals surface area contributed by atoms with Gasteiger partial charge in [-0.3, -0.25) is 9.52 Å². The van der Waals surface area contributed by atoms with Gasteiger partial charge in [-0.25, -0.2) is 17.8 Å². The number of anilines is 2. The zero-order valence-electron chi connectivity index (χ0n) is 13.2. The van der Waals surface area contributed by atoms with Crippen LogP contribution in [0.3, 0.4) is 0 Å². The van der Waals surface area contributed by atoms with E-state index in [1.165, 1.54) is 24.3 Å². The predicted molar refractivity (Wildman–Crippen MR) is 93.9 cm³/mol. The third-order valence-corrected chi connectivity index (χ3v) is 5.68. The molecule has 0 spiro atoms. The number of aromatic nitrogens is 1. The predicted octanol–water partition coefficient (Wildman–Crippen LogP) is 3.34. The summed E-state index contributed by atoms with van der Waals surface area (Å²) in [6.45, 7) is 1.63. The summed E-state index contributed by atoms with van der Waals surface area (Å²) >= 11 is 5.80. The number of hydrogen-bond donors (Lipinski definition) is 2. The maximum absolute atomic E-state index is 13.7. The molecule has 1 heterocycles. The Morgan fingerprint density at radius 1 is 1.28 bits per heavy atom. The molecule has 2 N–H and O–H groups in total. The first-order valence-electron chi connectivity index (χ1n) is 7.51. The van der Waals surface area contributed by atoms with Crippen molar-refractivity contribution >= 4 is 39.0 Å². The Balaban J connectivity index is 1.84. The molecule has 0 radical (unpaired) electrons. The van der Waals surface area contributed by atoms with Crippen molar-refractivity contribution in [2.24, 2.45) is 0 Å². The topological polar surface area (TPSA) is 88.2 Å². The van der Waals surface area contributed by atoms with Gasteiger partial charge in [0, 0.05) is 16.3 Å². The highest BCUT2D eigenvalue weighted by Gasteiger charge is 2.36. The molecular formula is C16H15ClFN3O3S. The van der Waals surface area contributed by atoms with Gasteiger partial charge in [-0.05, 0) is 50.1 Å². The fourth-order valence-corrected chi connectivity index (χ4v) is 3.74. The smallest absolute Gasteiger partial charge is 0.255 e. The van der Waals surface area contributed by atoms with Crippen LogP contribution in [0, 0.1) is 12.7 Å². The number of aryl methyl sites for hydroxylation is 1. The van der Waals surface area contributed by atoms with Crippen molar-refractivity contribution in [3.8, 4) is 0 Å². The van der Waals surface area contributed by atoms with Gasteiger partial charge >= 0.3 is 0 Å². The quantitative estimate of drug-likeness (QED) is 0.828. The molecular weight excluding hydrogens is 369 g/mol. The van der Waals surface area contributed by atoms with Crippen LogP contribution in [-0.4, -0.2) is 24.6 Å².